The third-order valence-corrected chi connectivity index (χ3v) is 5.27. The fraction of sp³-hybridized carbons (Fsp3) is 0.182. The van der Waals surface area contributed by atoms with E-state index in [1.807, 2.05) is 0 Å². The van der Waals surface area contributed by atoms with Gasteiger partial charge in [-0.05, 0) is 66.2 Å². The predicted molar refractivity (Wildman–Crippen MR) is 122 cm³/mol. The Labute approximate surface area is 205 Å². The molecule has 0 saturated carbocycles. The molecule has 0 aliphatic rings. The first kappa shape index (κ1) is 25.4. The molecule has 1 amide bonds. The first-order chi connectivity index (χ1) is 15.9. The first-order valence-corrected chi connectivity index (χ1v) is 10.8. The number of ether oxygens (including phenoxy) is 1. The number of aromatic nitrogens is 2. The normalized spacial score (nSPS) is 11.4. The number of carbonyl (C=O) groups excluding carboxylic acids is 1. The summed E-state index contributed by atoms with van der Waals surface area (Å²) in [7, 11) is 0. The van der Waals surface area contributed by atoms with Gasteiger partial charge in [0.25, 0.3) is 5.91 Å². The summed E-state index contributed by atoms with van der Waals surface area (Å²) in [6, 6.07) is 6.50. The number of hydrogen-bond acceptors (Lipinski definition) is 5. The largest absolute Gasteiger partial charge is 0.478 e. The summed E-state index contributed by atoms with van der Waals surface area (Å²) in [5.74, 6) is -3.21. The molecule has 178 valence electrons. The van der Waals surface area contributed by atoms with Crippen LogP contribution < -0.4 is 9.64 Å². The lowest BCUT2D eigenvalue weighted by Crippen LogP contribution is -2.38. The van der Waals surface area contributed by atoms with Crippen LogP contribution in [0.2, 0.25) is 5.02 Å². The van der Waals surface area contributed by atoms with E-state index < -0.39 is 41.1 Å². The van der Waals surface area contributed by atoms with E-state index in [1.165, 1.54) is 17.2 Å². The van der Waals surface area contributed by atoms with Crippen molar-refractivity contribution < 1.29 is 32.6 Å². The number of rotatable bonds is 6. The van der Waals surface area contributed by atoms with E-state index in [0.717, 1.165) is 30.5 Å². The number of halogens is 5. The van der Waals surface area contributed by atoms with E-state index >= 15 is 0 Å². The van der Waals surface area contributed by atoms with Crippen molar-refractivity contribution in [2.45, 2.75) is 26.1 Å². The molecule has 2 aromatic heterocycles. The molecule has 0 saturated heterocycles. The molecule has 3 aromatic rings. The molecule has 0 atom stereocenters. The fourth-order valence-electron chi connectivity index (χ4n) is 3.03. The average Bonchev–Trinajstić information content (AvgIpc) is 2.75. The van der Waals surface area contributed by atoms with Gasteiger partial charge in [-0.25, -0.2) is 14.8 Å². The fourth-order valence-corrected chi connectivity index (χ4v) is 3.46. The second-order valence-corrected chi connectivity index (χ2v) is 8.51. The van der Waals surface area contributed by atoms with Crippen molar-refractivity contribution >= 4 is 45.1 Å². The van der Waals surface area contributed by atoms with Crippen molar-refractivity contribution in [1.82, 2.24) is 9.97 Å². The minimum absolute atomic E-state index is 0.0491. The van der Waals surface area contributed by atoms with Crippen molar-refractivity contribution in [1.29, 1.82) is 0 Å². The average molecular weight is 559 g/mol. The summed E-state index contributed by atoms with van der Waals surface area (Å²) >= 11 is 9.48. The van der Waals surface area contributed by atoms with Crippen molar-refractivity contribution in [3.8, 4) is 11.6 Å². The number of benzene rings is 1. The number of carboxylic acids is 1. The van der Waals surface area contributed by atoms with E-state index in [9.17, 15) is 27.9 Å². The summed E-state index contributed by atoms with van der Waals surface area (Å²) in [5.41, 5.74) is -1.60. The zero-order valence-electron chi connectivity index (χ0n) is 17.6. The molecule has 0 unspecified atom stereocenters. The molecule has 1 aromatic carbocycles. The highest BCUT2D eigenvalue weighted by molar-refractivity contribution is 9.10. The lowest BCUT2D eigenvalue weighted by atomic mass is 10.1. The second-order valence-electron chi connectivity index (χ2n) is 7.19. The number of pyridine rings is 2. The van der Waals surface area contributed by atoms with Crippen LogP contribution in [-0.2, 0) is 6.18 Å². The molecule has 12 heteroatoms. The zero-order valence-corrected chi connectivity index (χ0v) is 19.9. The van der Waals surface area contributed by atoms with Crippen LogP contribution in [0.25, 0.3) is 0 Å². The smallest absolute Gasteiger partial charge is 0.421 e. The lowest BCUT2D eigenvalue weighted by molar-refractivity contribution is -0.138. The summed E-state index contributed by atoms with van der Waals surface area (Å²) < 4.78 is 45.8. The minimum atomic E-state index is -4.76. The van der Waals surface area contributed by atoms with Gasteiger partial charge < -0.3 is 14.7 Å². The van der Waals surface area contributed by atoms with Gasteiger partial charge in [-0.1, -0.05) is 11.6 Å². The van der Waals surface area contributed by atoms with Crippen LogP contribution in [0, 0.1) is 0 Å². The van der Waals surface area contributed by atoms with E-state index in [2.05, 4.69) is 25.9 Å². The SMILES string of the molecule is CC(C)N(C(=O)c1ccc(Br)cn1)c1cc(Cl)c(Oc2ncccc2C(F)(F)F)cc1C(=O)O. The maximum Gasteiger partial charge on any atom is 0.421 e. The van der Waals surface area contributed by atoms with Gasteiger partial charge in [-0.2, -0.15) is 13.2 Å². The Morgan fingerprint density at radius 1 is 1.18 bits per heavy atom. The van der Waals surface area contributed by atoms with Gasteiger partial charge in [-0.15, -0.1) is 0 Å². The topological polar surface area (TPSA) is 92.6 Å². The summed E-state index contributed by atoms with van der Waals surface area (Å²) in [4.78, 5) is 34.0. The van der Waals surface area contributed by atoms with E-state index in [-0.39, 0.29) is 22.2 Å². The third-order valence-electron chi connectivity index (χ3n) is 4.51. The standard InChI is InChI=1S/C22H16BrClF3N3O4/c1-11(2)30(20(31)16-6-5-12(23)10-29-16)17-9-15(24)18(8-13(17)21(32)33)34-19-14(22(25,26)27)4-3-7-28-19/h3-11H,1-2H3,(H,32,33). The molecule has 0 aliphatic carbocycles. The summed E-state index contributed by atoms with van der Waals surface area (Å²) in [5, 5.41) is 9.57. The van der Waals surface area contributed by atoms with Crippen molar-refractivity contribution in [2.75, 3.05) is 4.90 Å². The van der Waals surface area contributed by atoms with Crippen molar-refractivity contribution in [3.63, 3.8) is 0 Å². The van der Waals surface area contributed by atoms with Crippen LogP contribution >= 0.6 is 27.5 Å². The number of carbonyl (C=O) groups is 2. The molecule has 0 radical (unpaired) electrons. The predicted octanol–water partition coefficient (Wildman–Crippen LogP) is 6.46. The molecule has 0 fully saturated rings. The second kappa shape index (κ2) is 9.98. The molecular formula is C22H16BrClF3N3O4. The highest BCUT2D eigenvalue weighted by Crippen LogP contribution is 2.40. The molecule has 0 bridgehead atoms. The monoisotopic (exact) mass is 557 g/mol. The summed E-state index contributed by atoms with van der Waals surface area (Å²) in [6.07, 6.45) is -2.25. The zero-order chi connectivity index (χ0) is 25.2. The lowest BCUT2D eigenvalue weighted by Gasteiger charge is -2.28. The van der Waals surface area contributed by atoms with E-state index in [4.69, 9.17) is 16.3 Å². The van der Waals surface area contributed by atoms with Crippen LogP contribution in [0.15, 0.2) is 53.3 Å². The summed E-state index contributed by atoms with van der Waals surface area (Å²) in [6.45, 7) is 3.31. The van der Waals surface area contributed by atoms with E-state index in [1.54, 1.807) is 19.9 Å². The van der Waals surface area contributed by atoms with Gasteiger partial charge in [-0.3, -0.25) is 4.79 Å². The van der Waals surface area contributed by atoms with Crippen LogP contribution in [0.5, 0.6) is 11.6 Å². The van der Waals surface area contributed by atoms with Gasteiger partial charge in [0.1, 0.15) is 17.0 Å². The van der Waals surface area contributed by atoms with Gasteiger partial charge in [0.05, 0.1) is 16.3 Å². The molecule has 0 aliphatic heterocycles. The maximum atomic E-state index is 13.3. The van der Waals surface area contributed by atoms with Crippen LogP contribution in [0.3, 0.4) is 0 Å². The van der Waals surface area contributed by atoms with Crippen molar-refractivity contribution in [3.05, 3.63) is 75.1 Å². The number of alkyl halides is 3. The molecule has 0 spiro atoms. The van der Waals surface area contributed by atoms with Crippen molar-refractivity contribution in [2.24, 2.45) is 0 Å². The number of aromatic carboxylic acids is 1. The van der Waals surface area contributed by atoms with E-state index in [0.29, 0.717) is 4.47 Å². The van der Waals surface area contributed by atoms with Gasteiger partial charge in [0, 0.05) is 22.9 Å². The highest BCUT2D eigenvalue weighted by Gasteiger charge is 2.36. The molecule has 1 N–H and O–H groups in total. The first-order valence-electron chi connectivity index (χ1n) is 9.62. The molecule has 3 rings (SSSR count). The van der Waals surface area contributed by atoms with Crippen LogP contribution in [-0.4, -0.2) is 33.0 Å². The molecule has 7 nitrogen and oxygen atoms in total. The Morgan fingerprint density at radius 3 is 2.44 bits per heavy atom. The molecule has 34 heavy (non-hydrogen) atoms. The molecular weight excluding hydrogens is 543 g/mol. The number of amides is 1. The van der Waals surface area contributed by atoms with Crippen LogP contribution in [0.1, 0.15) is 40.3 Å². The van der Waals surface area contributed by atoms with Crippen LogP contribution in [0.4, 0.5) is 18.9 Å². The Kier molecular flexibility index (Phi) is 7.47. The number of hydrogen-bond donors (Lipinski definition) is 1. The maximum absolute atomic E-state index is 13.3. The minimum Gasteiger partial charge on any atom is -0.478 e. The Morgan fingerprint density at radius 2 is 1.88 bits per heavy atom. The third kappa shape index (κ3) is 5.48. The number of nitrogens with zero attached hydrogens (tertiary/aromatic N) is 3. The Bertz CT molecular complexity index is 1240. The Balaban J connectivity index is 2.10. The number of carboxylic acid groups (broad SMARTS) is 1. The van der Waals surface area contributed by atoms with Gasteiger partial charge >= 0.3 is 12.1 Å². The molecule has 2 heterocycles. The van der Waals surface area contributed by atoms with Gasteiger partial charge in [0.2, 0.25) is 5.88 Å². The van der Waals surface area contributed by atoms with Gasteiger partial charge in [0.15, 0.2) is 0 Å². The highest BCUT2D eigenvalue weighted by atomic mass is 79.9. The quantitative estimate of drug-likeness (QED) is 0.373. The Hall–Kier alpha value is -3.18. The number of anilines is 1.